The molecule has 2 saturated heterocycles. The molecule has 0 N–H and O–H groups in total. The second-order valence-electron chi connectivity index (χ2n) is 5.44. The van der Waals surface area contributed by atoms with E-state index in [1.54, 1.807) is 0 Å². The lowest BCUT2D eigenvalue weighted by Gasteiger charge is -2.46. The highest BCUT2D eigenvalue weighted by atomic mass is 16.5. The van der Waals surface area contributed by atoms with Gasteiger partial charge in [-0.1, -0.05) is 13.8 Å². The summed E-state index contributed by atoms with van der Waals surface area (Å²) in [5, 5.41) is 0. The van der Waals surface area contributed by atoms with Crippen LogP contribution in [0, 0.1) is 0 Å². The second-order valence-corrected chi connectivity index (χ2v) is 5.44. The molecule has 0 aliphatic carbocycles. The number of hydrogen-bond donors (Lipinski definition) is 0. The third-order valence-corrected chi connectivity index (χ3v) is 4.47. The van der Waals surface area contributed by atoms with E-state index in [0.717, 1.165) is 58.7 Å². The van der Waals surface area contributed by atoms with E-state index in [1.165, 1.54) is 0 Å². The highest BCUT2D eigenvalue weighted by Gasteiger charge is 2.41. The molecule has 0 aromatic rings. The zero-order chi connectivity index (χ0) is 13.0. The van der Waals surface area contributed by atoms with Crippen LogP contribution in [0.3, 0.4) is 0 Å². The Morgan fingerprint density at radius 2 is 1.94 bits per heavy atom. The highest BCUT2D eigenvalue weighted by molar-refractivity contribution is 5.76. The van der Waals surface area contributed by atoms with Crippen molar-refractivity contribution in [3.05, 3.63) is 0 Å². The van der Waals surface area contributed by atoms with Gasteiger partial charge in [-0.05, 0) is 25.8 Å². The van der Waals surface area contributed by atoms with Gasteiger partial charge in [-0.2, -0.15) is 0 Å². The van der Waals surface area contributed by atoms with Crippen LogP contribution in [0.15, 0.2) is 0 Å². The molecule has 0 unspecified atom stereocenters. The van der Waals surface area contributed by atoms with Gasteiger partial charge in [-0.3, -0.25) is 9.69 Å². The van der Waals surface area contributed by atoms with E-state index in [0.29, 0.717) is 12.3 Å². The molecule has 2 aliphatic rings. The molecule has 0 radical (unpaired) electrons. The number of carbonyl (C=O) groups excluding carboxylic acids is 1. The molecule has 1 spiro atoms. The molecular weight excluding hydrogens is 228 g/mol. The lowest BCUT2D eigenvalue weighted by atomic mass is 9.87. The van der Waals surface area contributed by atoms with E-state index in [1.807, 2.05) is 6.92 Å². The van der Waals surface area contributed by atoms with Gasteiger partial charge in [0.15, 0.2) is 0 Å². The predicted molar refractivity (Wildman–Crippen MR) is 71.5 cm³/mol. The molecule has 2 fully saturated rings. The van der Waals surface area contributed by atoms with Crippen LogP contribution in [0.25, 0.3) is 0 Å². The number of ether oxygens (including phenoxy) is 1. The zero-order valence-corrected chi connectivity index (χ0v) is 11.8. The van der Waals surface area contributed by atoms with Crippen molar-refractivity contribution in [2.24, 2.45) is 0 Å². The fraction of sp³-hybridized carbons (Fsp3) is 0.929. The summed E-state index contributed by atoms with van der Waals surface area (Å²) in [4.78, 5) is 16.7. The summed E-state index contributed by atoms with van der Waals surface area (Å²) in [5.74, 6) is 0.304. The Morgan fingerprint density at radius 3 is 2.56 bits per heavy atom. The minimum Gasteiger partial charge on any atom is -0.381 e. The molecule has 2 aliphatic heterocycles. The van der Waals surface area contributed by atoms with Gasteiger partial charge in [0, 0.05) is 44.8 Å². The smallest absolute Gasteiger partial charge is 0.222 e. The largest absolute Gasteiger partial charge is 0.381 e. The quantitative estimate of drug-likeness (QED) is 0.748. The summed E-state index contributed by atoms with van der Waals surface area (Å²) >= 11 is 0. The summed E-state index contributed by atoms with van der Waals surface area (Å²) in [6, 6.07) is 0. The molecule has 0 atom stereocenters. The molecule has 104 valence electrons. The Bertz CT molecular complexity index is 288. The summed E-state index contributed by atoms with van der Waals surface area (Å²) in [6.45, 7) is 9.88. The van der Waals surface area contributed by atoms with E-state index in [-0.39, 0.29) is 5.54 Å². The number of carbonyl (C=O) groups is 1. The Balaban J connectivity index is 2.16. The van der Waals surface area contributed by atoms with Gasteiger partial charge in [-0.25, -0.2) is 0 Å². The van der Waals surface area contributed by atoms with Crippen LogP contribution < -0.4 is 0 Å². The first-order chi connectivity index (χ1) is 8.72. The summed E-state index contributed by atoms with van der Waals surface area (Å²) < 4.78 is 5.52. The summed E-state index contributed by atoms with van der Waals surface area (Å²) in [5.41, 5.74) is 0.175. The van der Waals surface area contributed by atoms with Crippen LogP contribution in [0.1, 0.15) is 39.5 Å². The van der Waals surface area contributed by atoms with Gasteiger partial charge in [0.25, 0.3) is 0 Å². The van der Waals surface area contributed by atoms with Crippen molar-refractivity contribution in [3.8, 4) is 0 Å². The van der Waals surface area contributed by atoms with Crippen molar-refractivity contribution in [1.82, 2.24) is 9.80 Å². The number of nitrogens with zero attached hydrogens (tertiary/aromatic N) is 2. The second kappa shape index (κ2) is 6.02. The maximum Gasteiger partial charge on any atom is 0.222 e. The van der Waals surface area contributed by atoms with E-state index in [4.69, 9.17) is 4.74 Å². The monoisotopic (exact) mass is 254 g/mol. The lowest BCUT2D eigenvalue weighted by molar-refractivity contribution is -0.133. The first kappa shape index (κ1) is 13.8. The summed E-state index contributed by atoms with van der Waals surface area (Å²) in [6.07, 6.45) is 3.85. The zero-order valence-electron chi connectivity index (χ0n) is 11.8. The molecule has 0 aromatic heterocycles. The maximum absolute atomic E-state index is 12.0. The first-order valence-corrected chi connectivity index (χ1v) is 7.32. The first-order valence-electron chi connectivity index (χ1n) is 7.32. The van der Waals surface area contributed by atoms with Gasteiger partial charge < -0.3 is 9.64 Å². The number of hydrogen-bond acceptors (Lipinski definition) is 3. The topological polar surface area (TPSA) is 32.8 Å². The van der Waals surface area contributed by atoms with Gasteiger partial charge in [-0.15, -0.1) is 0 Å². The third-order valence-electron chi connectivity index (χ3n) is 4.47. The van der Waals surface area contributed by atoms with Gasteiger partial charge >= 0.3 is 0 Å². The van der Waals surface area contributed by atoms with E-state index in [2.05, 4.69) is 16.7 Å². The van der Waals surface area contributed by atoms with Crippen LogP contribution in [-0.2, 0) is 9.53 Å². The van der Waals surface area contributed by atoms with Crippen molar-refractivity contribution in [3.63, 3.8) is 0 Å². The normalized spacial score (nSPS) is 25.1. The molecule has 18 heavy (non-hydrogen) atoms. The van der Waals surface area contributed by atoms with Crippen molar-refractivity contribution >= 4 is 5.91 Å². The third kappa shape index (κ3) is 2.69. The van der Waals surface area contributed by atoms with Gasteiger partial charge in [0.05, 0.1) is 0 Å². The van der Waals surface area contributed by atoms with E-state index in [9.17, 15) is 4.79 Å². The molecule has 0 aromatic carbocycles. The van der Waals surface area contributed by atoms with Crippen LogP contribution in [0.5, 0.6) is 0 Å². The predicted octanol–water partition coefficient (Wildman–Crippen LogP) is 1.50. The van der Waals surface area contributed by atoms with Crippen LogP contribution in [0.4, 0.5) is 0 Å². The molecule has 2 heterocycles. The molecule has 2 rings (SSSR count). The summed E-state index contributed by atoms with van der Waals surface area (Å²) in [7, 11) is 0. The van der Waals surface area contributed by atoms with Crippen molar-refractivity contribution in [1.29, 1.82) is 0 Å². The van der Waals surface area contributed by atoms with Crippen molar-refractivity contribution in [2.45, 2.75) is 45.1 Å². The number of likely N-dealkylation sites (N-methyl/N-ethyl adjacent to an activating group) is 1. The average Bonchev–Trinajstić information content (AvgIpc) is 2.58. The lowest BCUT2D eigenvalue weighted by Crippen LogP contribution is -2.57. The average molecular weight is 254 g/mol. The molecule has 4 heteroatoms. The highest BCUT2D eigenvalue weighted by Crippen LogP contribution is 2.31. The Kier molecular flexibility index (Phi) is 4.62. The molecule has 1 amide bonds. The maximum atomic E-state index is 12.0. The van der Waals surface area contributed by atoms with Gasteiger partial charge in [0.2, 0.25) is 5.91 Å². The fourth-order valence-electron chi connectivity index (χ4n) is 3.38. The standard InChI is InChI=1S/C14H26N2O2/c1-3-13(17)15-8-5-9-16(4-2)14(12-15)6-10-18-11-7-14/h3-12H2,1-2H3. The Morgan fingerprint density at radius 1 is 1.22 bits per heavy atom. The molecule has 0 bridgehead atoms. The van der Waals surface area contributed by atoms with Crippen molar-refractivity contribution in [2.75, 3.05) is 39.4 Å². The van der Waals surface area contributed by atoms with E-state index < -0.39 is 0 Å². The van der Waals surface area contributed by atoms with E-state index >= 15 is 0 Å². The van der Waals surface area contributed by atoms with Crippen LogP contribution in [-0.4, -0.2) is 60.6 Å². The molecular formula is C14H26N2O2. The number of rotatable bonds is 2. The fourth-order valence-corrected chi connectivity index (χ4v) is 3.38. The Labute approximate surface area is 110 Å². The molecule has 0 saturated carbocycles. The van der Waals surface area contributed by atoms with Gasteiger partial charge in [0.1, 0.15) is 0 Å². The minimum absolute atomic E-state index is 0.175. The number of amides is 1. The minimum atomic E-state index is 0.175. The SMILES string of the molecule is CCC(=O)N1CCCN(CC)C2(CCOCC2)C1. The molecule has 4 nitrogen and oxygen atoms in total. The van der Waals surface area contributed by atoms with Crippen LogP contribution in [0.2, 0.25) is 0 Å². The Hall–Kier alpha value is -0.610. The van der Waals surface area contributed by atoms with Crippen molar-refractivity contribution < 1.29 is 9.53 Å². The van der Waals surface area contributed by atoms with Crippen LogP contribution >= 0.6 is 0 Å².